The van der Waals surface area contributed by atoms with Gasteiger partial charge < -0.3 is 23.7 Å². The highest BCUT2D eigenvalue weighted by atomic mass is 31.2. The molecule has 3 atom stereocenters. The Kier molecular flexibility index (Phi) is 12.5. The number of ketones is 1. The number of carbonyl (C=O) groups is 4. The van der Waals surface area contributed by atoms with Crippen LogP contribution in [0.15, 0.2) is 128 Å². The molecule has 2 heterocycles. The fraction of sp³-hybridized carbons (Fsp3) is 0.295. The summed E-state index contributed by atoms with van der Waals surface area (Å²) in [4.78, 5) is 61.0. The highest BCUT2D eigenvalue weighted by Crippen LogP contribution is 2.50. The average Bonchev–Trinajstić information content (AvgIpc) is 3.20. The van der Waals surface area contributed by atoms with Crippen molar-refractivity contribution in [2.75, 3.05) is 32.9 Å². The van der Waals surface area contributed by atoms with Gasteiger partial charge in [-0.05, 0) is 54.6 Å². The monoisotopic (exact) mass is 776 g/mol. The SMILES string of the molecule is C=CCOC(=O)C(N1C(=O)[C@H]([C@@H](C)O[Si](C)(C)C)[C@H]1CC(=O)c1cccc(C(=O)N2CCOCC2)c1)=P(c1ccccc1)(c1ccccc1)c1ccccc1. The normalized spacial score (nSPS) is 17.9. The lowest BCUT2D eigenvalue weighted by atomic mass is 9.79. The molecule has 55 heavy (non-hydrogen) atoms. The molecule has 4 aromatic rings. The molecule has 0 aromatic heterocycles. The van der Waals surface area contributed by atoms with E-state index in [1.807, 2.05) is 97.9 Å². The van der Waals surface area contributed by atoms with Gasteiger partial charge >= 0.3 is 5.97 Å². The first-order chi connectivity index (χ1) is 26.5. The number of amides is 2. The number of carbonyl (C=O) groups excluding carboxylic acids is 4. The Morgan fingerprint density at radius 2 is 1.36 bits per heavy atom. The van der Waals surface area contributed by atoms with E-state index >= 15 is 0 Å². The Bertz CT molecular complexity index is 1980. The maximum Gasteiger partial charge on any atom is 0.356 e. The Balaban J connectivity index is 1.57. The van der Waals surface area contributed by atoms with E-state index in [9.17, 15) is 19.2 Å². The summed E-state index contributed by atoms with van der Waals surface area (Å²) in [6.07, 6.45) is 0.854. The van der Waals surface area contributed by atoms with E-state index < -0.39 is 39.2 Å². The van der Waals surface area contributed by atoms with Crippen LogP contribution < -0.4 is 15.9 Å². The predicted octanol–water partition coefficient (Wildman–Crippen LogP) is 5.65. The zero-order chi connectivity index (χ0) is 39.2. The Morgan fingerprint density at radius 3 is 1.87 bits per heavy atom. The van der Waals surface area contributed by atoms with E-state index in [1.54, 1.807) is 34.1 Å². The van der Waals surface area contributed by atoms with E-state index in [0.717, 1.165) is 15.9 Å². The quantitative estimate of drug-likeness (QED) is 0.0408. The molecule has 9 nitrogen and oxygen atoms in total. The third-order valence-corrected chi connectivity index (χ3v) is 15.3. The molecule has 6 rings (SSSR count). The first-order valence-electron chi connectivity index (χ1n) is 18.7. The second-order valence-electron chi connectivity index (χ2n) is 14.7. The summed E-state index contributed by atoms with van der Waals surface area (Å²) in [6, 6.07) is 35.3. The molecule has 0 unspecified atom stereocenters. The van der Waals surface area contributed by atoms with Gasteiger partial charge in [-0.3, -0.25) is 14.4 Å². The van der Waals surface area contributed by atoms with Crippen LogP contribution in [-0.2, 0) is 23.5 Å². The van der Waals surface area contributed by atoms with Crippen molar-refractivity contribution >= 4 is 60.1 Å². The van der Waals surface area contributed by atoms with Gasteiger partial charge in [-0.25, -0.2) is 4.79 Å². The highest BCUT2D eigenvalue weighted by molar-refractivity contribution is 7.96. The molecule has 2 fully saturated rings. The molecule has 0 N–H and O–H groups in total. The predicted molar refractivity (Wildman–Crippen MR) is 221 cm³/mol. The van der Waals surface area contributed by atoms with Crippen LogP contribution in [-0.4, -0.2) is 92.2 Å². The molecule has 4 aromatic carbocycles. The first kappa shape index (κ1) is 39.8. The third-order valence-electron chi connectivity index (χ3n) is 9.93. The van der Waals surface area contributed by atoms with E-state index in [0.29, 0.717) is 37.4 Å². The molecule has 0 radical (unpaired) electrons. The summed E-state index contributed by atoms with van der Waals surface area (Å²) in [5, 5.41) is 2.54. The van der Waals surface area contributed by atoms with Crippen LogP contribution in [0.3, 0.4) is 0 Å². The molecule has 2 saturated heterocycles. The fourth-order valence-electron chi connectivity index (χ4n) is 7.64. The topological polar surface area (TPSA) is 102 Å². The highest BCUT2D eigenvalue weighted by Gasteiger charge is 2.56. The molecule has 2 amide bonds. The van der Waals surface area contributed by atoms with Crippen LogP contribution in [0.4, 0.5) is 0 Å². The molecule has 11 heteroatoms. The second-order valence-corrected chi connectivity index (χ2v) is 22.5. The number of esters is 1. The van der Waals surface area contributed by atoms with Gasteiger partial charge in [0.2, 0.25) is 5.91 Å². The van der Waals surface area contributed by atoms with E-state index in [4.69, 9.17) is 13.9 Å². The molecule has 0 bridgehead atoms. The van der Waals surface area contributed by atoms with Crippen LogP contribution in [0.25, 0.3) is 0 Å². The van der Waals surface area contributed by atoms with Gasteiger partial charge in [0.15, 0.2) is 14.1 Å². The molecule has 0 spiro atoms. The largest absolute Gasteiger partial charge is 0.457 e. The van der Waals surface area contributed by atoms with Crippen molar-refractivity contribution in [1.82, 2.24) is 9.80 Å². The number of hydrogen-bond donors (Lipinski definition) is 0. The first-order valence-corrected chi connectivity index (χ1v) is 23.9. The van der Waals surface area contributed by atoms with Gasteiger partial charge in [0.05, 0.1) is 31.3 Å². The third kappa shape index (κ3) is 8.38. The molecule has 0 aliphatic carbocycles. The Morgan fingerprint density at radius 1 is 0.836 bits per heavy atom. The van der Waals surface area contributed by atoms with Crippen molar-refractivity contribution in [3.8, 4) is 0 Å². The van der Waals surface area contributed by atoms with Gasteiger partial charge in [-0.15, -0.1) is 0 Å². The van der Waals surface area contributed by atoms with Gasteiger partial charge in [0.25, 0.3) is 5.91 Å². The lowest BCUT2D eigenvalue weighted by Crippen LogP contribution is -2.69. The van der Waals surface area contributed by atoms with Crippen LogP contribution in [0.2, 0.25) is 19.6 Å². The van der Waals surface area contributed by atoms with Gasteiger partial charge in [-0.1, -0.05) is 116 Å². The maximum atomic E-state index is 15.0. The van der Waals surface area contributed by atoms with Crippen LogP contribution in [0.5, 0.6) is 0 Å². The average molecular weight is 777 g/mol. The molecule has 2 aliphatic rings. The number of benzene rings is 4. The van der Waals surface area contributed by atoms with E-state index in [1.165, 1.54) is 6.08 Å². The van der Waals surface area contributed by atoms with Crippen molar-refractivity contribution in [2.45, 2.75) is 45.1 Å². The molecule has 0 saturated carbocycles. The standard InChI is InChI=1S/C44H49N2O7PSi/c1-6-27-52-44(50)43(54(35-19-10-7-11-20-35,36-21-12-8-13-22-36)37-23-14-9-15-24-37)46-38(40(42(46)49)32(2)53-55(3,4)5)31-39(47)33-17-16-18-34(30-33)41(48)45-25-28-51-29-26-45/h6-24,30,32,38,40H,1,25-29,31H2,2-5H3/t32-,38-,40-/m1/s1. The minimum Gasteiger partial charge on any atom is -0.457 e. The van der Waals surface area contributed by atoms with Crippen molar-refractivity contribution in [1.29, 1.82) is 0 Å². The van der Waals surface area contributed by atoms with Crippen molar-refractivity contribution < 1.29 is 33.1 Å². The van der Waals surface area contributed by atoms with Crippen molar-refractivity contribution in [2.24, 2.45) is 5.92 Å². The summed E-state index contributed by atoms with van der Waals surface area (Å²) in [5.41, 5.74) is 0.944. The second kappa shape index (κ2) is 17.3. The van der Waals surface area contributed by atoms with Gasteiger partial charge in [-0.2, -0.15) is 0 Å². The number of ether oxygens (including phenoxy) is 2. The van der Waals surface area contributed by atoms with E-state index in [-0.39, 0.29) is 36.0 Å². The zero-order valence-electron chi connectivity index (χ0n) is 31.9. The summed E-state index contributed by atoms with van der Waals surface area (Å²) in [5.74, 6) is -2.12. The summed E-state index contributed by atoms with van der Waals surface area (Å²) in [6.45, 7) is 10.4. The van der Waals surface area contributed by atoms with Gasteiger partial charge in [0, 0.05) is 37.5 Å². The summed E-state index contributed by atoms with van der Waals surface area (Å²) >= 11 is 0. The molecular formula is C44H49N2O7PSi. The number of likely N-dealkylation sites (tertiary alicyclic amines) is 1. The van der Waals surface area contributed by atoms with E-state index in [2.05, 4.69) is 26.2 Å². The Hall–Kier alpha value is -4.86. The van der Waals surface area contributed by atoms with Gasteiger partial charge in [0.1, 0.15) is 12.0 Å². The number of morpholine rings is 1. The van der Waals surface area contributed by atoms with Crippen molar-refractivity contribution in [3.05, 3.63) is 139 Å². The molecule has 2 aliphatic heterocycles. The fourth-order valence-corrected chi connectivity index (χ4v) is 13.3. The number of β-lactam (4-membered cyclic amide) rings is 1. The van der Waals surface area contributed by atoms with Crippen LogP contribution >= 0.6 is 6.89 Å². The van der Waals surface area contributed by atoms with Crippen molar-refractivity contribution in [3.63, 3.8) is 0 Å². The lowest BCUT2D eigenvalue weighted by molar-refractivity contribution is -0.156. The molecule has 286 valence electrons. The number of Topliss-reactive ketones (excluding diaryl/α,β-unsaturated/α-hetero) is 1. The minimum absolute atomic E-state index is 0.0745. The zero-order valence-corrected chi connectivity index (χ0v) is 33.8. The number of hydrogen-bond acceptors (Lipinski definition) is 7. The summed E-state index contributed by atoms with van der Waals surface area (Å²) in [7, 11) is -2.16. The molecular weight excluding hydrogens is 728 g/mol. The minimum atomic E-state index is -3.20. The number of rotatable bonds is 14. The number of nitrogens with zero attached hydrogens (tertiary/aromatic N) is 2. The summed E-state index contributed by atoms with van der Waals surface area (Å²) < 4.78 is 17.9. The smallest absolute Gasteiger partial charge is 0.356 e. The lowest BCUT2D eigenvalue weighted by Gasteiger charge is -2.52. The van der Waals surface area contributed by atoms with Crippen LogP contribution in [0, 0.1) is 5.92 Å². The van der Waals surface area contributed by atoms with Crippen LogP contribution in [0.1, 0.15) is 34.1 Å². The maximum absolute atomic E-state index is 15.0. The Labute approximate surface area is 325 Å².